The maximum atomic E-state index is 2.80. The number of rotatable bonds is 2. The van der Waals surface area contributed by atoms with Crippen LogP contribution >= 0.6 is 0 Å². The van der Waals surface area contributed by atoms with Gasteiger partial charge in [-0.15, -0.1) is 0 Å². The van der Waals surface area contributed by atoms with Gasteiger partial charge in [0.15, 0.2) is 0 Å². The van der Waals surface area contributed by atoms with Crippen molar-refractivity contribution >= 4 is 0 Å². The van der Waals surface area contributed by atoms with Gasteiger partial charge >= 0.3 is 0 Å². The average molecular weight is 499 g/mol. The zero-order valence-corrected chi connectivity index (χ0v) is 28.8. The van der Waals surface area contributed by atoms with E-state index in [0.29, 0.717) is 5.92 Å². The number of hydrogen-bond donors (Lipinski definition) is 0. The molecule has 4 aliphatic carbocycles. The zero-order valence-electron chi connectivity index (χ0n) is 28.8. The lowest BCUT2D eigenvalue weighted by atomic mass is 9.11. The van der Waals surface area contributed by atoms with Crippen molar-refractivity contribution in [2.75, 3.05) is 0 Å². The predicted molar refractivity (Wildman–Crippen MR) is 159 cm³/mol. The van der Waals surface area contributed by atoms with Gasteiger partial charge in [-0.3, -0.25) is 0 Å². The van der Waals surface area contributed by atoms with Crippen LogP contribution in [-0.2, 0) is 0 Å². The Morgan fingerprint density at radius 2 is 0.500 bits per heavy atom. The van der Waals surface area contributed by atoms with Gasteiger partial charge in [0, 0.05) is 0 Å². The van der Waals surface area contributed by atoms with Crippen molar-refractivity contribution in [1.82, 2.24) is 0 Å². The summed E-state index contributed by atoms with van der Waals surface area (Å²) in [6, 6.07) is 0. The second kappa shape index (κ2) is 6.02. The summed E-state index contributed by atoms with van der Waals surface area (Å²) >= 11 is 0. The Bertz CT molecular complexity index is 1020. The highest BCUT2D eigenvalue weighted by molar-refractivity contribution is 5.49. The van der Waals surface area contributed by atoms with Gasteiger partial charge in [0.2, 0.25) is 0 Å². The highest BCUT2D eigenvalue weighted by Crippen LogP contribution is 3.07. The summed E-state index contributed by atoms with van der Waals surface area (Å²) in [5.74, 6) is 0.679. The van der Waals surface area contributed by atoms with Gasteiger partial charge in [-0.2, -0.15) is 0 Å². The molecule has 0 heterocycles. The van der Waals surface area contributed by atoms with Gasteiger partial charge in [-0.1, -0.05) is 145 Å². The second-order valence-electron chi connectivity index (χ2n) is 19.4. The molecule has 0 aromatic heterocycles. The minimum atomic E-state index is 0.112. The van der Waals surface area contributed by atoms with Crippen LogP contribution in [0.1, 0.15) is 152 Å². The van der Waals surface area contributed by atoms with Crippen LogP contribution in [0.3, 0.4) is 0 Å². The topological polar surface area (TPSA) is 0 Å². The van der Waals surface area contributed by atoms with Crippen LogP contribution in [0.4, 0.5) is 0 Å². The third kappa shape index (κ3) is 1.67. The molecule has 0 heteroatoms. The lowest BCUT2D eigenvalue weighted by Gasteiger charge is -2.93. The zero-order chi connectivity index (χ0) is 28.8. The van der Waals surface area contributed by atoms with E-state index >= 15 is 0 Å². The molecular weight excluding hydrogens is 432 g/mol. The van der Waals surface area contributed by atoms with Crippen LogP contribution in [0.5, 0.6) is 0 Å². The predicted octanol–water partition coefficient (Wildman–Crippen LogP) is 11.3. The minimum absolute atomic E-state index is 0.112. The van der Waals surface area contributed by atoms with Crippen LogP contribution in [0, 0.1) is 76.3 Å². The van der Waals surface area contributed by atoms with E-state index in [1.807, 2.05) is 0 Å². The first-order valence-electron chi connectivity index (χ1n) is 15.4. The summed E-state index contributed by atoms with van der Waals surface area (Å²) in [5, 5.41) is 0. The summed E-state index contributed by atoms with van der Waals surface area (Å²) in [6.07, 6.45) is 1.29. The fourth-order valence-corrected chi connectivity index (χ4v) is 16.8. The molecule has 36 heavy (non-hydrogen) atoms. The van der Waals surface area contributed by atoms with Crippen LogP contribution < -0.4 is 0 Å². The molecule has 7 unspecified atom stereocenters. The smallest absolute Gasteiger partial charge is 0.0140 e. The summed E-state index contributed by atoms with van der Waals surface area (Å²) in [4.78, 5) is 0. The van der Waals surface area contributed by atoms with Crippen molar-refractivity contribution in [3.63, 3.8) is 0 Å². The van der Waals surface area contributed by atoms with Crippen LogP contribution in [-0.4, -0.2) is 0 Å². The Morgan fingerprint density at radius 3 is 0.778 bits per heavy atom. The molecule has 4 rings (SSSR count). The SMILES string of the molecule is CC(C)CC1(C)C(C)(C)C2(C)C(C)(C)C(C)(C1(C)C)C1(C)C(C)(C)C3(C)C(C)(C)C2(C)C(C)(C)C31C. The normalized spacial score (nSPS) is 56.2. The highest BCUT2D eigenvalue weighted by Gasteiger charge is 3.02. The van der Waals surface area contributed by atoms with E-state index in [4.69, 9.17) is 0 Å². The molecule has 0 aromatic carbocycles. The molecule has 7 atom stereocenters. The first-order valence-corrected chi connectivity index (χ1v) is 15.4. The lowest BCUT2D eigenvalue weighted by molar-refractivity contribution is -0.463. The largest absolute Gasteiger partial charge is 0.0628 e. The third-order valence-corrected chi connectivity index (χ3v) is 20.1. The maximum Gasteiger partial charge on any atom is -0.0140 e. The standard InChI is InChI=1S/C36H66/c1-23(2)22-30(15)24(3,4)31(16)26(7,8)32(17,25(30,5)6)35(20)29(13,14)34(19)27(9,10)33(31,18)28(11,12)36(34,35)21/h23H,22H2,1-21H3. The highest BCUT2D eigenvalue weighted by atomic mass is 15.1. The Balaban J connectivity index is 2.42. The van der Waals surface area contributed by atoms with E-state index in [1.165, 1.54) is 6.42 Å². The maximum absolute atomic E-state index is 2.80. The molecule has 0 N–H and O–H groups in total. The average Bonchev–Trinajstić information content (AvgIpc) is 2.77. The summed E-state index contributed by atoms with van der Waals surface area (Å²) < 4.78 is 0. The first-order chi connectivity index (χ1) is 15.4. The summed E-state index contributed by atoms with van der Waals surface area (Å²) in [6.45, 7) is 57.0. The number of fused-ring (bicyclic) bond motifs is 5. The van der Waals surface area contributed by atoms with Crippen LogP contribution in [0.25, 0.3) is 0 Å². The Hall–Kier alpha value is 0. The van der Waals surface area contributed by atoms with Crippen molar-refractivity contribution < 1.29 is 0 Å². The van der Waals surface area contributed by atoms with Gasteiger partial charge in [0.1, 0.15) is 0 Å². The van der Waals surface area contributed by atoms with E-state index in [-0.39, 0.29) is 70.4 Å². The molecule has 0 aliphatic heterocycles. The minimum Gasteiger partial charge on any atom is -0.0628 e. The second-order valence-corrected chi connectivity index (χ2v) is 19.4. The number of hydrogen-bond acceptors (Lipinski definition) is 0. The van der Waals surface area contributed by atoms with Gasteiger partial charge in [-0.05, 0) is 82.7 Å². The third-order valence-electron chi connectivity index (χ3n) is 20.1. The molecule has 0 spiro atoms. The molecular formula is C36H66. The Kier molecular flexibility index (Phi) is 4.85. The van der Waals surface area contributed by atoms with E-state index in [2.05, 4.69) is 145 Å². The van der Waals surface area contributed by atoms with Crippen LogP contribution in [0.2, 0.25) is 0 Å². The fourth-order valence-electron chi connectivity index (χ4n) is 16.8. The van der Waals surface area contributed by atoms with Gasteiger partial charge < -0.3 is 0 Å². The molecule has 4 aliphatic rings. The molecule has 0 radical (unpaired) electrons. The summed E-state index contributed by atoms with van der Waals surface area (Å²) in [7, 11) is 0. The molecule has 4 saturated carbocycles. The molecule has 0 saturated heterocycles. The summed E-state index contributed by atoms with van der Waals surface area (Å²) in [5.41, 5.74) is 2.12. The van der Waals surface area contributed by atoms with E-state index in [0.717, 1.165) is 0 Å². The van der Waals surface area contributed by atoms with Gasteiger partial charge in [0.25, 0.3) is 0 Å². The van der Waals surface area contributed by atoms with Crippen molar-refractivity contribution in [2.24, 2.45) is 76.3 Å². The van der Waals surface area contributed by atoms with Crippen LogP contribution in [0.15, 0.2) is 0 Å². The Labute approximate surface area is 227 Å². The molecule has 0 amide bonds. The molecule has 0 nitrogen and oxygen atoms in total. The van der Waals surface area contributed by atoms with E-state index < -0.39 is 0 Å². The fraction of sp³-hybridized carbons (Fsp3) is 1.00. The van der Waals surface area contributed by atoms with Crippen molar-refractivity contribution in [3.8, 4) is 0 Å². The van der Waals surface area contributed by atoms with Crippen molar-refractivity contribution in [2.45, 2.75) is 152 Å². The monoisotopic (exact) mass is 499 g/mol. The molecule has 210 valence electrons. The van der Waals surface area contributed by atoms with Gasteiger partial charge in [-0.25, -0.2) is 0 Å². The molecule has 4 fully saturated rings. The Morgan fingerprint density at radius 1 is 0.306 bits per heavy atom. The first kappa shape index (κ1) is 29.0. The van der Waals surface area contributed by atoms with E-state index in [1.54, 1.807) is 0 Å². The quantitative estimate of drug-likeness (QED) is 0.355. The molecule has 4 bridgehead atoms. The lowest BCUT2D eigenvalue weighted by Crippen LogP contribution is -2.89. The van der Waals surface area contributed by atoms with E-state index in [9.17, 15) is 0 Å². The van der Waals surface area contributed by atoms with Gasteiger partial charge in [0.05, 0.1) is 0 Å². The van der Waals surface area contributed by atoms with Crippen molar-refractivity contribution in [3.05, 3.63) is 0 Å². The molecule has 0 aromatic rings. The van der Waals surface area contributed by atoms with Crippen molar-refractivity contribution in [1.29, 1.82) is 0 Å².